The number of aromatic nitrogens is 2. The average Bonchev–Trinajstić information content (AvgIpc) is 3.20. The van der Waals surface area contributed by atoms with Gasteiger partial charge in [-0.25, -0.2) is 9.78 Å². The smallest absolute Gasteiger partial charge is 0.308 e. The number of pyridine rings is 1. The Hall–Kier alpha value is -3.51. The van der Waals surface area contributed by atoms with Crippen LogP contribution in [0.1, 0.15) is 0 Å². The van der Waals surface area contributed by atoms with Gasteiger partial charge in [-0.1, -0.05) is 30.3 Å². The summed E-state index contributed by atoms with van der Waals surface area (Å²) in [6.45, 7) is 0. The maximum atomic E-state index is 12.2. The van der Waals surface area contributed by atoms with Crippen LogP contribution in [0.5, 0.6) is 0 Å². The van der Waals surface area contributed by atoms with Crippen molar-refractivity contribution < 1.29 is 4.79 Å². The van der Waals surface area contributed by atoms with Crippen molar-refractivity contribution in [2.75, 3.05) is 10.6 Å². The van der Waals surface area contributed by atoms with Gasteiger partial charge in [0.25, 0.3) is 0 Å². The van der Waals surface area contributed by atoms with E-state index in [0.717, 1.165) is 27.5 Å². The zero-order valence-electron chi connectivity index (χ0n) is 14.3. The third kappa shape index (κ3) is 4.19. The first kappa shape index (κ1) is 16.9. The summed E-state index contributed by atoms with van der Waals surface area (Å²) < 4.78 is 0. The number of nitrogens with zero attached hydrogens (tertiary/aromatic N) is 2. The van der Waals surface area contributed by atoms with Crippen LogP contribution >= 0.6 is 11.3 Å². The van der Waals surface area contributed by atoms with Gasteiger partial charge in [0.05, 0.1) is 5.69 Å². The van der Waals surface area contributed by atoms with Crippen LogP contribution in [0.25, 0.3) is 21.8 Å². The Bertz CT molecular complexity index is 1050. The largest absolute Gasteiger partial charge is 0.323 e. The topological polar surface area (TPSA) is 66.9 Å². The lowest BCUT2D eigenvalue weighted by atomic mass is 10.1. The summed E-state index contributed by atoms with van der Waals surface area (Å²) >= 11 is 1.58. The molecule has 2 amide bonds. The highest BCUT2D eigenvalue weighted by Gasteiger charge is 2.08. The number of para-hydroxylation sites is 1. The van der Waals surface area contributed by atoms with Crippen molar-refractivity contribution in [3.63, 3.8) is 0 Å². The van der Waals surface area contributed by atoms with Crippen LogP contribution in [0.15, 0.2) is 84.5 Å². The van der Waals surface area contributed by atoms with E-state index in [9.17, 15) is 4.79 Å². The normalized spacial score (nSPS) is 10.4. The summed E-state index contributed by atoms with van der Waals surface area (Å²) in [6, 6.07) is 20.6. The Kier molecular flexibility index (Phi) is 4.89. The number of urea groups is 1. The Morgan fingerprint density at radius 3 is 2.37 bits per heavy atom. The minimum absolute atomic E-state index is 0.283. The second kappa shape index (κ2) is 7.80. The van der Waals surface area contributed by atoms with Crippen LogP contribution in [0.2, 0.25) is 0 Å². The zero-order valence-corrected chi connectivity index (χ0v) is 15.1. The molecule has 2 heterocycles. The van der Waals surface area contributed by atoms with Gasteiger partial charge in [0.15, 0.2) is 0 Å². The Balaban J connectivity index is 1.49. The van der Waals surface area contributed by atoms with Crippen LogP contribution in [0.3, 0.4) is 0 Å². The van der Waals surface area contributed by atoms with Gasteiger partial charge in [0, 0.05) is 40.3 Å². The lowest BCUT2D eigenvalue weighted by Gasteiger charge is -2.08. The summed E-state index contributed by atoms with van der Waals surface area (Å²) in [5, 5.41) is 8.61. The lowest BCUT2D eigenvalue weighted by molar-refractivity contribution is 0.262. The van der Waals surface area contributed by atoms with Crippen molar-refractivity contribution in [3.8, 4) is 21.8 Å². The second-order valence-electron chi connectivity index (χ2n) is 5.80. The summed E-state index contributed by atoms with van der Waals surface area (Å²) in [5.41, 5.74) is 4.31. The van der Waals surface area contributed by atoms with Crippen molar-refractivity contribution in [2.45, 2.75) is 0 Å². The molecule has 0 atom stereocenters. The maximum Gasteiger partial charge on any atom is 0.323 e. The van der Waals surface area contributed by atoms with Gasteiger partial charge in [0.1, 0.15) is 5.01 Å². The minimum Gasteiger partial charge on any atom is -0.308 e. The number of rotatable bonds is 4. The summed E-state index contributed by atoms with van der Waals surface area (Å²) in [5.74, 6) is 0. The fourth-order valence-corrected chi connectivity index (χ4v) is 3.44. The summed E-state index contributed by atoms with van der Waals surface area (Å²) in [4.78, 5) is 20.9. The molecule has 0 aliphatic heterocycles. The monoisotopic (exact) mass is 372 g/mol. The Labute approximate surface area is 160 Å². The van der Waals surface area contributed by atoms with E-state index in [2.05, 4.69) is 15.6 Å². The number of nitrogens with one attached hydrogen (secondary N) is 2. The van der Waals surface area contributed by atoms with Crippen molar-refractivity contribution in [1.82, 2.24) is 9.97 Å². The third-order valence-electron chi connectivity index (χ3n) is 3.88. The van der Waals surface area contributed by atoms with Crippen LogP contribution in [0.4, 0.5) is 16.2 Å². The van der Waals surface area contributed by atoms with Gasteiger partial charge in [0.2, 0.25) is 0 Å². The molecular formula is C21H16N4OS. The molecule has 0 unspecified atom stereocenters. The second-order valence-corrected chi connectivity index (χ2v) is 6.66. The molecule has 27 heavy (non-hydrogen) atoms. The van der Waals surface area contributed by atoms with Gasteiger partial charge in [-0.15, -0.1) is 11.3 Å². The van der Waals surface area contributed by atoms with E-state index in [1.165, 1.54) is 0 Å². The number of amides is 2. The van der Waals surface area contributed by atoms with E-state index in [-0.39, 0.29) is 6.03 Å². The number of carbonyl (C=O) groups excluding carboxylic acids is 1. The van der Waals surface area contributed by atoms with Crippen molar-refractivity contribution >= 4 is 28.7 Å². The number of thiazole rings is 1. The maximum absolute atomic E-state index is 12.2. The molecule has 2 aromatic heterocycles. The SMILES string of the molecule is O=C(Nc1ccccc1)Nc1cccc(-c2csc(-c3ccncc3)n2)c1. The first-order valence-corrected chi connectivity index (χ1v) is 9.25. The van der Waals surface area contributed by atoms with Gasteiger partial charge >= 0.3 is 6.03 Å². The predicted molar refractivity (Wildman–Crippen MR) is 110 cm³/mol. The van der Waals surface area contributed by atoms with Crippen molar-refractivity contribution in [3.05, 3.63) is 84.5 Å². The number of hydrogen-bond donors (Lipinski definition) is 2. The molecule has 132 valence electrons. The lowest BCUT2D eigenvalue weighted by Crippen LogP contribution is -2.19. The molecule has 0 saturated heterocycles. The van der Waals surface area contributed by atoms with Crippen molar-refractivity contribution in [1.29, 1.82) is 0 Å². The molecule has 4 aromatic rings. The van der Waals surface area contributed by atoms with Gasteiger partial charge < -0.3 is 10.6 Å². The fraction of sp³-hybridized carbons (Fsp3) is 0. The van der Waals surface area contributed by atoms with E-state index in [4.69, 9.17) is 4.98 Å². The Morgan fingerprint density at radius 1 is 0.815 bits per heavy atom. The molecule has 2 aromatic carbocycles. The van der Waals surface area contributed by atoms with Crippen LogP contribution in [-0.2, 0) is 0 Å². The van der Waals surface area contributed by atoms with Crippen LogP contribution < -0.4 is 10.6 Å². The van der Waals surface area contributed by atoms with Gasteiger partial charge in [-0.05, 0) is 36.4 Å². The number of anilines is 2. The van der Waals surface area contributed by atoms with E-state index in [1.54, 1.807) is 23.7 Å². The highest BCUT2D eigenvalue weighted by atomic mass is 32.1. The predicted octanol–water partition coefficient (Wildman–Crippen LogP) is 5.52. The van der Waals surface area contributed by atoms with E-state index in [0.29, 0.717) is 5.69 Å². The van der Waals surface area contributed by atoms with E-state index in [1.807, 2.05) is 72.1 Å². The zero-order chi connectivity index (χ0) is 18.5. The van der Waals surface area contributed by atoms with Crippen molar-refractivity contribution in [2.24, 2.45) is 0 Å². The first-order chi connectivity index (χ1) is 13.3. The molecular weight excluding hydrogens is 356 g/mol. The quantitative estimate of drug-likeness (QED) is 0.496. The highest BCUT2D eigenvalue weighted by molar-refractivity contribution is 7.13. The van der Waals surface area contributed by atoms with Gasteiger partial charge in [-0.3, -0.25) is 4.98 Å². The van der Waals surface area contributed by atoms with E-state index < -0.39 is 0 Å². The molecule has 0 fully saturated rings. The average molecular weight is 372 g/mol. The molecule has 0 spiro atoms. The van der Waals surface area contributed by atoms with E-state index >= 15 is 0 Å². The third-order valence-corrected chi connectivity index (χ3v) is 4.77. The molecule has 0 saturated carbocycles. The number of carbonyl (C=O) groups is 1. The fourth-order valence-electron chi connectivity index (χ4n) is 2.60. The number of benzene rings is 2. The first-order valence-electron chi connectivity index (χ1n) is 8.37. The molecule has 0 aliphatic rings. The number of hydrogen-bond acceptors (Lipinski definition) is 4. The summed E-state index contributed by atoms with van der Waals surface area (Å²) in [7, 11) is 0. The Morgan fingerprint density at radius 2 is 1.56 bits per heavy atom. The van der Waals surface area contributed by atoms with Gasteiger partial charge in [-0.2, -0.15) is 0 Å². The molecule has 0 bridgehead atoms. The highest BCUT2D eigenvalue weighted by Crippen LogP contribution is 2.29. The minimum atomic E-state index is -0.283. The van der Waals surface area contributed by atoms with Crippen LogP contribution in [-0.4, -0.2) is 16.0 Å². The standard InChI is InChI=1S/C21H16N4OS/c26-21(23-17-6-2-1-3-7-17)24-18-8-4-5-16(13-18)19-14-27-20(25-19)15-9-11-22-12-10-15/h1-14H,(H2,23,24,26). The molecule has 6 heteroatoms. The summed E-state index contributed by atoms with van der Waals surface area (Å²) in [6.07, 6.45) is 3.51. The van der Waals surface area contributed by atoms with Crippen LogP contribution in [0, 0.1) is 0 Å². The molecule has 5 nitrogen and oxygen atoms in total. The molecule has 0 aliphatic carbocycles. The molecule has 4 rings (SSSR count). The molecule has 0 radical (unpaired) electrons. The molecule has 2 N–H and O–H groups in total.